The summed E-state index contributed by atoms with van der Waals surface area (Å²) in [6.07, 6.45) is 4.56. The van der Waals surface area contributed by atoms with E-state index in [1.807, 2.05) is 30.3 Å². The minimum absolute atomic E-state index is 0.0252. The zero-order valence-electron chi connectivity index (χ0n) is 38.6. The standard InChI is InChI=1S/C41H49.C5H5.2C4H9.CH2.2ClH.Zr/c1-38(2,3)30-17-13-26(14-18-30)34-22-28-21-29-23-35(27-15-19-31(20-16-27)39(4,5)6)37(41(10,11)12)25-33(29)32(28)24-36(34)40(7,8)9;1-2-4-5-3-1;2*1-3-4-2;;;;/h13-25H,1-12H3;1-5H;2*1,3-4H2,2H3;1H2;2*1H;/q4*-1;;;;+2/p-2. The van der Waals surface area contributed by atoms with Gasteiger partial charge in [-0.2, -0.15) is 31.0 Å². The van der Waals surface area contributed by atoms with Crippen molar-refractivity contribution >= 4 is 42.8 Å². The van der Waals surface area contributed by atoms with E-state index in [-0.39, 0.29) is 21.7 Å². The Morgan fingerprint density at radius 1 is 0.534 bits per heavy atom. The van der Waals surface area contributed by atoms with Crippen molar-refractivity contribution in [2.24, 2.45) is 0 Å². The molecule has 0 aliphatic rings. The molecule has 0 spiro atoms. The van der Waals surface area contributed by atoms with E-state index in [0.717, 1.165) is 12.8 Å². The molecule has 6 aromatic carbocycles. The van der Waals surface area contributed by atoms with Gasteiger partial charge in [0.2, 0.25) is 0 Å². The van der Waals surface area contributed by atoms with Gasteiger partial charge < -0.3 is 13.8 Å². The van der Waals surface area contributed by atoms with Crippen molar-refractivity contribution < 1.29 is 18.9 Å². The Bertz CT molecular complexity index is 1940. The summed E-state index contributed by atoms with van der Waals surface area (Å²) in [4.78, 5) is 0. The molecule has 6 aromatic rings. The van der Waals surface area contributed by atoms with Gasteiger partial charge in [0.15, 0.2) is 0 Å². The van der Waals surface area contributed by atoms with Crippen molar-refractivity contribution in [2.75, 3.05) is 0 Å². The smallest absolute Gasteiger partial charge is 0.172 e. The topological polar surface area (TPSA) is 0 Å². The Labute approximate surface area is 370 Å². The maximum Gasteiger partial charge on any atom is -0.172 e. The number of fused-ring (bicyclic) bond motifs is 3. The quantitative estimate of drug-likeness (QED) is 0.155. The summed E-state index contributed by atoms with van der Waals surface area (Å²) in [5.74, 6) is 0. The molecule has 0 saturated heterocycles. The van der Waals surface area contributed by atoms with Crippen LogP contribution >= 0.6 is 17.0 Å². The van der Waals surface area contributed by atoms with E-state index in [1.165, 1.54) is 78.9 Å². The molecular formula is C55H74Cl2Zr-4. The van der Waals surface area contributed by atoms with Crippen LogP contribution in [0.4, 0.5) is 0 Å². The minimum Gasteiger partial charge on any atom is -0.214 e. The van der Waals surface area contributed by atoms with Crippen LogP contribution < -0.4 is 0 Å². The van der Waals surface area contributed by atoms with E-state index in [0.29, 0.717) is 0 Å². The molecule has 3 heteroatoms. The van der Waals surface area contributed by atoms with Crippen molar-refractivity contribution in [3.63, 3.8) is 0 Å². The van der Waals surface area contributed by atoms with Crippen molar-refractivity contribution in [3.05, 3.63) is 145 Å². The molecule has 0 heterocycles. The molecule has 0 aromatic heterocycles. The molecule has 0 aliphatic heterocycles. The van der Waals surface area contributed by atoms with E-state index in [1.54, 1.807) is 0 Å². The van der Waals surface area contributed by atoms with Crippen molar-refractivity contribution in [2.45, 2.75) is 144 Å². The maximum absolute atomic E-state index is 5.13. The average molecular weight is 897 g/mol. The summed E-state index contributed by atoms with van der Waals surface area (Å²) in [7, 11) is 10.3. The van der Waals surface area contributed by atoms with Crippen LogP contribution in [0, 0.1) is 13.8 Å². The normalized spacial score (nSPS) is 11.6. The second kappa shape index (κ2) is 22.9. The minimum atomic E-state index is -1.85. The van der Waals surface area contributed by atoms with E-state index >= 15 is 0 Å². The molecule has 0 nitrogen and oxygen atoms in total. The van der Waals surface area contributed by atoms with Crippen molar-refractivity contribution in [1.29, 1.82) is 0 Å². The van der Waals surface area contributed by atoms with E-state index < -0.39 is 18.9 Å². The Balaban J connectivity index is 0.000000572. The summed E-state index contributed by atoms with van der Waals surface area (Å²) >= 11 is -1.85. The molecule has 0 saturated carbocycles. The molecule has 58 heavy (non-hydrogen) atoms. The second-order valence-electron chi connectivity index (χ2n) is 19.3. The first-order chi connectivity index (χ1) is 26.9. The van der Waals surface area contributed by atoms with E-state index in [9.17, 15) is 0 Å². The van der Waals surface area contributed by atoms with Crippen LogP contribution in [-0.2, 0) is 40.5 Å². The van der Waals surface area contributed by atoms with Gasteiger partial charge in [0.1, 0.15) is 0 Å². The van der Waals surface area contributed by atoms with Gasteiger partial charge >= 0.3 is 40.1 Å². The molecule has 0 unspecified atom stereocenters. The largest absolute Gasteiger partial charge is 0.214 e. The second-order valence-corrected chi connectivity index (χ2v) is 27.5. The number of benzene rings is 4. The zero-order chi connectivity index (χ0) is 44.1. The van der Waals surface area contributed by atoms with Crippen LogP contribution in [0.1, 0.15) is 145 Å². The molecule has 0 fully saturated rings. The first-order valence-corrected chi connectivity index (χ1v) is 29.2. The molecule has 0 amide bonds. The predicted octanol–water partition coefficient (Wildman–Crippen LogP) is 18.2. The summed E-state index contributed by atoms with van der Waals surface area (Å²) in [5.41, 5.74) is 11.2. The Hall–Kier alpha value is -2.57. The summed E-state index contributed by atoms with van der Waals surface area (Å²) < 4.78 is 3.37. The predicted molar refractivity (Wildman–Crippen MR) is 264 cm³/mol. The summed E-state index contributed by atoms with van der Waals surface area (Å²) in [6, 6.07) is 40.7. The number of hydrogen-bond acceptors (Lipinski definition) is 0. The average Bonchev–Trinajstić information content (AvgIpc) is 3.84. The van der Waals surface area contributed by atoms with E-state index in [2.05, 4.69) is 194 Å². The zero-order valence-corrected chi connectivity index (χ0v) is 42.6. The third-order valence-electron chi connectivity index (χ3n) is 9.98. The number of rotatable bonds is 4. The van der Waals surface area contributed by atoms with Gasteiger partial charge in [-0.15, -0.1) is 39.7 Å². The van der Waals surface area contributed by atoms with E-state index in [4.69, 9.17) is 17.0 Å². The molecule has 0 aliphatic carbocycles. The molecular weight excluding hydrogens is 823 g/mol. The van der Waals surface area contributed by atoms with Crippen LogP contribution in [0.25, 0.3) is 43.8 Å². The summed E-state index contributed by atoms with van der Waals surface area (Å²) in [5, 5.41) is 5.37. The fourth-order valence-corrected chi connectivity index (χ4v) is 6.44. The maximum atomic E-state index is 5.13. The number of hydrogen-bond donors (Lipinski definition) is 0. The van der Waals surface area contributed by atoms with Crippen molar-refractivity contribution in [3.8, 4) is 22.3 Å². The monoisotopic (exact) mass is 894 g/mol. The molecule has 0 bridgehead atoms. The van der Waals surface area contributed by atoms with Crippen LogP contribution in [0.3, 0.4) is 0 Å². The number of halogens is 2. The van der Waals surface area contributed by atoms with Gasteiger partial charge in [-0.05, 0) is 66.2 Å². The third-order valence-corrected chi connectivity index (χ3v) is 9.98. The molecule has 0 atom stereocenters. The van der Waals surface area contributed by atoms with Gasteiger partial charge in [-0.25, -0.2) is 12.1 Å². The van der Waals surface area contributed by atoms with Gasteiger partial charge in [0.25, 0.3) is 0 Å². The third kappa shape index (κ3) is 15.8. The fraction of sp³-hybridized carbons (Fsp3) is 0.400. The SMILES string of the molecule is CC(C)(C)c1ccc(-c2cc3[cH-]c4cc(-c5ccc(C(C)(C)C)cc5)c(C(C)(C)C)cc4c3cc2C(C)(C)C)cc1.[CH2-]CCC.[CH2-]CCC.[CH2]=[Zr]([Cl])[Cl].c1cc[cH-]c1. The van der Waals surface area contributed by atoms with Crippen LogP contribution in [0.2, 0.25) is 0 Å². The molecule has 0 N–H and O–H groups in total. The van der Waals surface area contributed by atoms with Crippen LogP contribution in [-0.4, -0.2) is 4.21 Å². The number of unbranched alkanes of at least 4 members (excludes halogenated alkanes) is 2. The first kappa shape index (κ1) is 51.6. The Kier molecular flexibility index (Phi) is 20.3. The Morgan fingerprint density at radius 2 is 0.828 bits per heavy atom. The molecule has 316 valence electrons. The van der Waals surface area contributed by atoms with Crippen LogP contribution in [0.15, 0.2) is 109 Å². The van der Waals surface area contributed by atoms with Crippen LogP contribution in [0.5, 0.6) is 0 Å². The fourth-order valence-electron chi connectivity index (χ4n) is 6.44. The summed E-state index contributed by atoms with van der Waals surface area (Å²) in [6.45, 7) is 39.2. The molecule has 6 rings (SSSR count). The van der Waals surface area contributed by atoms with Gasteiger partial charge in [0.05, 0.1) is 0 Å². The van der Waals surface area contributed by atoms with Gasteiger partial charge in [-0.1, -0.05) is 170 Å². The van der Waals surface area contributed by atoms with Crippen molar-refractivity contribution in [1.82, 2.24) is 0 Å². The van der Waals surface area contributed by atoms with Gasteiger partial charge in [0, 0.05) is 0 Å². The first-order valence-electron chi connectivity index (χ1n) is 21.1. The van der Waals surface area contributed by atoms with Gasteiger partial charge in [-0.3, -0.25) is 0 Å². The molecule has 0 radical (unpaired) electrons. The Morgan fingerprint density at radius 3 is 1.03 bits per heavy atom.